The SMILES string of the molecule is COCC(C)(O)CNS(=O)(=O)C(C)C. The third-order valence-electron chi connectivity index (χ3n) is 1.73. The van der Waals surface area contributed by atoms with E-state index in [1.807, 2.05) is 0 Å². The van der Waals surface area contributed by atoms with Crippen LogP contribution >= 0.6 is 0 Å². The van der Waals surface area contributed by atoms with Gasteiger partial charge in [-0.2, -0.15) is 0 Å². The van der Waals surface area contributed by atoms with Crippen molar-refractivity contribution in [3.63, 3.8) is 0 Å². The molecule has 0 aliphatic rings. The fourth-order valence-corrected chi connectivity index (χ4v) is 1.63. The molecule has 0 aromatic rings. The predicted molar refractivity (Wildman–Crippen MR) is 54.6 cm³/mol. The first kappa shape index (κ1) is 13.8. The summed E-state index contributed by atoms with van der Waals surface area (Å²) in [5.74, 6) is 0. The minimum absolute atomic E-state index is 0.0403. The second-order valence-electron chi connectivity index (χ2n) is 3.84. The van der Waals surface area contributed by atoms with Gasteiger partial charge in [-0.15, -0.1) is 0 Å². The third-order valence-corrected chi connectivity index (χ3v) is 3.52. The van der Waals surface area contributed by atoms with Crippen LogP contribution in [0.25, 0.3) is 0 Å². The lowest BCUT2D eigenvalue weighted by atomic mass is 10.1. The van der Waals surface area contributed by atoms with Crippen LogP contribution in [-0.4, -0.2) is 44.6 Å². The van der Waals surface area contributed by atoms with Crippen molar-refractivity contribution >= 4 is 10.0 Å². The molecule has 1 atom stereocenters. The maximum Gasteiger partial charge on any atom is 0.214 e. The van der Waals surface area contributed by atoms with Crippen molar-refractivity contribution in [2.45, 2.75) is 31.6 Å². The molecular weight excluding hydrogens is 206 g/mol. The lowest BCUT2D eigenvalue weighted by molar-refractivity contribution is -0.0120. The molecule has 0 aliphatic heterocycles. The van der Waals surface area contributed by atoms with Crippen LogP contribution in [-0.2, 0) is 14.8 Å². The van der Waals surface area contributed by atoms with Gasteiger partial charge in [-0.25, -0.2) is 13.1 Å². The van der Waals surface area contributed by atoms with Gasteiger partial charge in [0.2, 0.25) is 10.0 Å². The first-order chi connectivity index (χ1) is 6.21. The number of methoxy groups -OCH3 is 1. The summed E-state index contributed by atoms with van der Waals surface area (Å²) in [7, 11) is -1.87. The minimum Gasteiger partial charge on any atom is -0.386 e. The first-order valence-corrected chi connectivity index (χ1v) is 5.96. The highest BCUT2D eigenvalue weighted by atomic mass is 32.2. The van der Waals surface area contributed by atoms with E-state index in [4.69, 9.17) is 4.74 Å². The van der Waals surface area contributed by atoms with E-state index in [1.54, 1.807) is 13.8 Å². The van der Waals surface area contributed by atoms with Crippen molar-refractivity contribution < 1.29 is 18.3 Å². The van der Waals surface area contributed by atoms with Crippen molar-refractivity contribution in [3.05, 3.63) is 0 Å². The predicted octanol–water partition coefficient (Wildman–Crippen LogP) is -0.288. The van der Waals surface area contributed by atoms with Gasteiger partial charge in [-0.1, -0.05) is 0 Å². The van der Waals surface area contributed by atoms with Crippen LogP contribution in [0.4, 0.5) is 0 Å². The average Bonchev–Trinajstić information content (AvgIpc) is 2.01. The van der Waals surface area contributed by atoms with Crippen molar-refractivity contribution in [2.75, 3.05) is 20.3 Å². The Kier molecular flexibility index (Phi) is 5.00. The number of rotatable bonds is 6. The molecule has 0 amide bonds. The van der Waals surface area contributed by atoms with E-state index in [0.717, 1.165) is 0 Å². The van der Waals surface area contributed by atoms with E-state index in [1.165, 1.54) is 14.0 Å². The van der Waals surface area contributed by atoms with Crippen LogP contribution in [0.15, 0.2) is 0 Å². The second kappa shape index (κ2) is 5.06. The highest BCUT2D eigenvalue weighted by Gasteiger charge is 2.24. The van der Waals surface area contributed by atoms with Gasteiger partial charge in [-0.3, -0.25) is 0 Å². The summed E-state index contributed by atoms with van der Waals surface area (Å²) < 4.78 is 29.7. The summed E-state index contributed by atoms with van der Waals surface area (Å²) in [6.07, 6.45) is 0. The zero-order valence-corrected chi connectivity index (χ0v) is 9.89. The quantitative estimate of drug-likeness (QED) is 0.651. The molecule has 6 heteroatoms. The van der Waals surface area contributed by atoms with E-state index in [9.17, 15) is 13.5 Å². The molecule has 0 aromatic heterocycles. The van der Waals surface area contributed by atoms with E-state index < -0.39 is 20.9 Å². The monoisotopic (exact) mass is 225 g/mol. The molecule has 0 bridgehead atoms. The second-order valence-corrected chi connectivity index (χ2v) is 6.17. The van der Waals surface area contributed by atoms with Gasteiger partial charge in [0.15, 0.2) is 0 Å². The summed E-state index contributed by atoms with van der Waals surface area (Å²) in [6.45, 7) is 4.72. The van der Waals surface area contributed by atoms with Crippen molar-refractivity contribution in [3.8, 4) is 0 Å². The number of hydrogen-bond donors (Lipinski definition) is 2. The van der Waals surface area contributed by atoms with Gasteiger partial charge in [0.25, 0.3) is 0 Å². The summed E-state index contributed by atoms with van der Waals surface area (Å²) in [4.78, 5) is 0. The van der Waals surface area contributed by atoms with Crippen LogP contribution in [0, 0.1) is 0 Å². The average molecular weight is 225 g/mol. The fourth-order valence-electron chi connectivity index (χ4n) is 0.785. The summed E-state index contributed by atoms with van der Waals surface area (Å²) in [5.41, 5.74) is -1.17. The van der Waals surface area contributed by atoms with Gasteiger partial charge < -0.3 is 9.84 Å². The van der Waals surface area contributed by atoms with E-state index >= 15 is 0 Å². The Morgan fingerprint density at radius 3 is 2.36 bits per heavy atom. The number of hydrogen-bond acceptors (Lipinski definition) is 4. The molecule has 1 unspecified atom stereocenters. The fraction of sp³-hybridized carbons (Fsp3) is 1.00. The van der Waals surface area contributed by atoms with Gasteiger partial charge in [0.05, 0.1) is 17.5 Å². The molecule has 0 fully saturated rings. The molecule has 0 saturated heterocycles. The lowest BCUT2D eigenvalue weighted by Gasteiger charge is -2.23. The maximum absolute atomic E-state index is 11.3. The van der Waals surface area contributed by atoms with E-state index in [-0.39, 0.29) is 13.2 Å². The lowest BCUT2D eigenvalue weighted by Crippen LogP contribution is -2.45. The first-order valence-electron chi connectivity index (χ1n) is 4.41. The Hall–Kier alpha value is -0.170. The smallest absolute Gasteiger partial charge is 0.214 e. The highest BCUT2D eigenvalue weighted by molar-refractivity contribution is 7.90. The maximum atomic E-state index is 11.3. The van der Waals surface area contributed by atoms with Crippen LogP contribution in [0.5, 0.6) is 0 Å². The van der Waals surface area contributed by atoms with Crippen LogP contribution in [0.1, 0.15) is 20.8 Å². The number of sulfonamides is 1. The van der Waals surface area contributed by atoms with Crippen molar-refractivity contribution in [1.82, 2.24) is 4.72 Å². The summed E-state index contributed by atoms with van der Waals surface area (Å²) in [5, 5.41) is 9.11. The molecule has 86 valence electrons. The van der Waals surface area contributed by atoms with E-state index in [2.05, 4.69) is 4.72 Å². The number of aliphatic hydroxyl groups is 1. The zero-order valence-electron chi connectivity index (χ0n) is 9.07. The standard InChI is InChI=1S/C8H19NO4S/c1-7(2)14(11,12)9-5-8(3,10)6-13-4/h7,9-10H,5-6H2,1-4H3. The Morgan fingerprint density at radius 2 is 2.00 bits per heavy atom. The molecule has 5 nitrogen and oxygen atoms in total. The summed E-state index contributed by atoms with van der Waals surface area (Å²) in [6, 6.07) is 0. The van der Waals surface area contributed by atoms with Gasteiger partial charge >= 0.3 is 0 Å². The topological polar surface area (TPSA) is 75.6 Å². The minimum atomic E-state index is -3.32. The summed E-state index contributed by atoms with van der Waals surface area (Å²) >= 11 is 0. The number of nitrogens with one attached hydrogen (secondary N) is 1. The normalized spacial score (nSPS) is 17.0. The van der Waals surface area contributed by atoms with Crippen molar-refractivity contribution in [2.24, 2.45) is 0 Å². The van der Waals surface area contributed by atoms with Crippen molar-refractivity contribution in [1.29, 1.82) is 0 Å². The molecule has 0 aromatic carbocycles. The van der Waals surface area contributed by atoms with E-state index in [0.29, 0.717) is 0 Å². The zero-order chi connectivity index (χ0) is 11.4. The van der Waals surface area contributed by atoms with Gasteiger partial charge in [0, 0.05) is 13.7 Å². The Morgan fingerprint density at radius 1 is 1.50 bits per heavy atom. The van der Waals surface area contributed by atoms with Gasteiger partial charge in [-0.05, 0) is 20.8 Å². The highest BCUT2D eigenvalue weighted by Crippen LogP contribution is 2.04. The molecule has 0 radical (unpaired) electrons. The van der Waals surface area contributed by atoms with Gasteiger partial charge in [0.1, 0.15) is 0 Å². The molecular formula is C8H19NO4S. The van der Waals surface area contributed by atoms with Crippen LogP contribution in [0.3, 0.4) is 0 Å². The number of ether oxygens (including phenoxy) is 1. The van der Waals surface area contributed by atoms with Crippen LogP contribution in [0.2, 0.25) is 0 Å². The third kappa shape index (κ3) is 4.90. The molecule has 0 heterocycles. The molecule has 0 spiro atoms. The molecule has 2 N–H and O–H groups in total. The molecule has 14 heavy (non-hydrogen) atoms. The Bertz CT molecular complexity index is 259. The molecule has 0 saturated carbocycles. The molecule has 0 aliphatic carbocycles. The Balaban J connectivity index is 4.19. The Labute approximate surface area is 85.5 Å². The largest absolute Gasteiger partial charge is 0.386 e. The van der Waals surface area contributed by atoms with Crippen LogP contribution < -0.4 is 4.72 Å². The molecule has 0 rings (SSSR count).